The number of pyridine rings is 1. The predicted octanol–water partition coefficient (Wildman–Crippen LogP) is -4.11. The number of hydrogen-bond acceptors (Lipinski definition) is 3. The van der Waals surface area contributed by atoms with Crippen LogP contribution in [0.3, 0.4) is 0 Å². The number of nitrogens with zero attached hydrogens (tertiary/aromatic N) is 5. The second-order valence-corrected chi connectivity index (χ2v) is 4.13. The number of aromatic nitrogens is 5. The monoisotopic (exact) mass is 368 g/mol. The molecule has 0 atom stereocenters. The summed E-state index contributed by atoms with van der Waals surface area (Å²) in [6, 6.07) is 5.88. The second kappa shape index (κ2) is 8.19. The average molecular weight is 369 g/mol. The smallest absolute Gasteiger partial charge is 1.00 e. The summed E-state index contributed by atoms with van der Waals surface area (Å²) in [5, 5.41) is 0. The maximum absolute atomic E-state index is 4.61. The molecule has 0 saturated carbocycles. The van der Waals surface area contributed by atoms with Gasteiger partial charge in [0.05, 0.1) is 0 Å². The molecule has 0 saturated heterocycles. The molecule has 21 heavy (non-hydrogen) atoms. The van der Waals surface area contributed by atoms with E-state index in [-0.39, 0.29) is 41.6 Å². The molecular formula is C13H13Cl2CoN5. The van der Waals surface area contributed by atoms with Crippen molar-refractivity contribution < 1.29 is 41.6 Å². The van der Waals surface area contributed by atoms with E-state index in [1.54, 1.807) is 12.4 Å². The van der Waals surface area contributed by atoms with Crippen LogP contribution in [0.5, 0.6) is 0 Å². The molecular weight excluding hydrogens is 356 g/mol. The molecule has 113 valence electrons. The van der Waals surface area contributed by atoms with Crippen LogP contribution in [0.1, 0.15) is 0 Å². The summed E-state index contributed by atoms with van der Waals surface area (Å²) in [5.41, 5.74) is 1.70. The Morgan fingerprint density at radius 3 is 1.57 bits per heavy atom. The number of aryl methyl sites for hydroxylation is 2. The molecule has 1 radical (unpaired) electrons. The fourth-order valence-corrected chi connectivity index (χ4v) is 1.91. The van der Waals surface area contributed by atoms with Gasteiger partial charge in [-0.2, -0.15) is 0 Å². The van der Waals surface area contributed by atoms with Crippen LogP contribution >= 0.6 is 0 Å². The van der Waals surface area contributed by atoms with E-state index in [1.807, 2.05) is 53.8 Å². The van der Waals surface area contributed by atoms with Crippen molar-refractivity contribution in [3.8, 4) is 23.0 Å². The third-order valence-corrected chi connectivity index (χ3v) is 2.85. The normalized spacial score (nSPS) is 9.24. The van der Waals surface area contributed by atoms with Crippen molar-refractivity contribution in [1.29, 1.82) is 0 Å². The van der Waals surface area contributed by atoms with Crippen molar-refractivity contribution in [3.63, 3.8) is 0 Å². The molecule has 0 aliphatic carbocycles. The number of halogens is 2. The number of hydrogen-bond donors (Lipinski definition) is 0. The molecule has 0 unspecified atom stereocenters. The zero-order valence-corrected chi connectivity index (χ0v) is 13.9. The van der Waals surface area contributed by atoms with E-state index in [1.165, 1.54) is 0 Å². The van der Waals surface area contributed by atoms with E-state index in [4.69, 9.17) is 0 Å². The van der Waals surface area contributed by atoms with E-state index in [2.05, 4.69) is 15.0 Å². The van der Waals surface area contributed by atoms with Gasteiger partial charge < -0.3 is 33.9 Å². The molecule has 5 nitrogen and oxygen atoms in total. The molecule has 0 fully saturated rings. The van der Waals surface area contributed by atoms with Crippen molar-refractivity contribution in [2.75, 3.05) is 0 Å². The summed E-state index contributed by atoms with van der Waals surface area (Å²) in [5.74, 6) is 1.71. The van der Waals surface area contributed by atoms with Gasteiger partial charge >= 0.3 is 16.8 Å². The van der Waals surface area contributed by atoms with E-state index in [0.29, 0.717) is 0 Å². The van der Waals surface area contributed by atoms with Gasteiger partial charge in [0, 0.05) is 38.9 Å². The second-order valence-electron chi connectivity index (χ2n) is 4.13. The summed E-state index contributed by atoms with van der Waals surface area (Å²) in [6.45, 7) is 0. The van der Waals surface area contributed by atoms with Gasteiger partial charge in [-0.05, 0) is 12.1 Å². The Labute approximate surface area is 145 Å². The maximum Gasteiger partial charge on any atom is 2.00 e. The number of rotatable bonds is 2. The first-order valence-electron chi connectivity index (χ1n) is 5.68. The molecule has 0 spiro atoms. The Kier molecular flexibility index (Phi) is 7.66. The first-order chi connectivity index (χ1) is 8.75. The third-order valence-electron chi connectivity index (χ3n) is 2.85. The third kappa shape index (κ3) is 3.85. The van der Waals surface area contributed by atoms with Crippen LogP contribution in [0, 0.1) is 0 Å². The topological polar surface area (TPSA) is 48.5 Å². The molecule has 0 bridgehead atoms. The van der Waals surface area contributed by atoms with Crippen LogP contribution in [0.15, 0.2) is 43.0 Å². The van der Waals surface area contributed by atoms with Gasteiger partial charge in [0.1, 0.15) is 11.4 Å². The minimum atomic E-state index is 0. The van der Waals surface area contributed by atoms with Crippen molar-refractivity contribution in [3.05, 3.63) is 43.0 Å². The molecule has 0 aliphatic rings. The summed E-state index contributed by atoms with van der Waals surface area (Å²) in [7, 11) is 3.91. The van der Waals surface area contributed by atoms with Gasteiger partial charge in [-0.3, -0.25) is 0 Å². The zero-order valence-electron chi connectivity index (χ0n) is 11.4. The first-order valence-corrected chi connectivity index (χ1v) is 5.68. The van der Waals surface area contributed by atoms with Gasteiger partial charge in [0.25, 0.3) is 0 Å². The Hall–Kier alpha value is -1.34. The summed E-state index contributed by atoms with van der Waals surface area (Å²) < 4.78 is 3.90. The first kappa shape index (κ1) is 19.7. The largest absolute Gasteiger partial charge is 2.00 e. The van der Waals surface area contributed by atoms with Crippen LogP contribution in [0.4, 0.5) is 0 Å². The van der Waals surface area contributed by atoms with Crippen molar-refractivity contribution in [2.45, 2.75) is 0 Å². The van der Waals surface area contributed by atoms with Gasteiger partial charge in [0.2, 0.25) is 0 Å². The Morgan fingerprint density at radius 1 is 0.810 bits per heavy atom. The fourth-order valence-electron chi connectivity index (χ4n) is 1.91. The summed E-state index contributed by atoms with van der Waals surface area (Å²) >= 11 is 0. The Balaban J connectivity index is 0.00000133. The van der Waals surface area contributed by atoms with E-state index < -0.39 is 0 Å². The van der Waals surface area contributed by atoms with E-state index in [0.717, 1.165) is 23.0 Å². The van der Waals surface area contributed by atoms with Crippen LogP contribution in [-0.2, 0) is 30.9 Å². The zero-order chi connectivity index (χ0) is 12.5. The number of imidazole rings is 2. The molecule has 0 amide bonds. The quantitative estimate of drug-likeness (QED) is 0.462. The van der Waals surface area contributed by atoms with Gasteiger partial charge in [-0.1, -0.05) is 6.07 Å². The summed E-state index contributed by atoms with van der Waals surface area (Å²) in [6.07, 6.45) is 7.35. The Morgan fingerprint density at radius 2 is 1.24 bits per heavy atom. The van der Waals surface area contributed by atoms with Gasteiger partial charge in [0.15, 0.2) is 11.6 Å². The van der Waals surface area contributed by atoms with Crippen molar-refractivity contribution in [1.82, 2.24) is 24.1 Å². The molecule has 3 heterocycles. The molecule has 3 aromatic rings. The van der Waals surface area contributed by atoms with Crippen LogP contribution < -0.4 is 24.8 Å². The van der Waals surface area contributed by atoms with Gasteiger partial charge in [-0.15, -0.1) is 0 Å². The van der Waals surface area contributed by atoms with Crippen molar-refractivity contribution >= 4 is 0 Å². The summed E-state index contributed by atoms with van der Waals surface area (Å²) in [4.78, 5) is 13.2. The minimum absolute atomic E-state index is 0. The molecule has 0 N–H and O–H groups in total. The van der Waals surface area contributed by atoms with Crippen LogP contribution in [0.2, 0.25) is 0 Å². The van der Waals surface area contributed by atoms with Gasteiger partial charge in [-0.25, -0.2) is 15.0 Å². The van der Waals surface area contributed by atoms with E-state index in [9.17, 15) is 0 Å². The predicted molar refractivity (Wildman–Crippen MR) is 68.6 cm³/mol. The minimum Gasteiger partial charge on any atom is -1.00 e. The molecule has 8 heteroatoms. The average Bonchev–Trinajstić information content (AvgIpc) is 2.98. The van der Waals surface area contributed by atoms with Crippen LogP contribution in [0.25, 0.3) is 23.0 Å². The Bertz CT molecular complexity index is 640. The molecule has 0 aliphatic heterocycles. The fraction of sp³-hybridized carbons (Fsp3) is 0.154. The maximum atomic E-state index is 4.61. The molecule has 3 aromatic heterocycles. The van der Waals surface area contributed by atoms with Crippen molar-refractivity contribution in [2.24, 2.45) is 14.1 Å². The van der Waals surface area contributed by atoms with E-state index >= 15 is 0 Å². The molecule has 0 aromatic carbocycles. The standard InChI is InChI=1S/C13H13N5.2ClH.Co/c1-17-8-6-14-12(17)10-4-3-5-11(16-10)13-15-7-9-18(13)2;;;/h3-9H,1-2H3;2*1H;/q;;;+2/p-2. The van der Waals surface area contributed by atoms with Crippen LogP contribution in [-0.4, -0.2) is 24.1 Å². The SMILES string of the molecule is Cn1ccnc1-c1cccc(-c2nccn2C)n1.[Cl-].[Cl-].[Co+2]. The molecule has 3 rings (SSSR count).